The third kappa shape index (κ3) is 6.66. The number of carbonyl (C=O) groups is 1. The molecule has 5 heteroatoms. The normalized spacial score (nSPS) is 15.3. The molecule has 0 bridgehead atoms. The van der Waals surface area contributed by atoms with Gasteiger partial charge in [0.15, 0.2) is 0 Å². The summed E-state index contributed by atoms with van der Waals surface area (Å²) < 4.78 is 5.23. The average Bonchev–Trinajstić information content (AvgIpc) is 2.74. The number of ether oxygens (including phenoxy) is 1. The molecule has 28 heavy (non-hydrogen) atoms. The molecule has 1 heterocycles. The molecule has 0 saturated carbocycles. The number of rotatable bonds is 9. The summed E-state index contributed by atoms with van der Waals surface area (Å²) in [6.07, 6.45) is 1.39. The zero-order chi connectivity index (χ0) is 19.6. The molecule has 1 aliphatic rings. The fourth-order valence-corrected chi connectivity index (χ4v) is 3.53. The summed E-state index contributed by atoms with van der Waals surface area (Å²) in [5, 5.41) is 3.03. The number of benzene rings is 2. The highest BCUT2D eigenvalue weighted by molar-refractivity contribution is 5.76. The molecule has 5 nitrogen and oxygen atoms in total. The maximum Gasteiger partial charge on any atom is 0.221 e. The Bertz CT molecular complexity index is 728. The number of hydrogen-bond acceptors (Lipinski definition) is 4. The minimum atomic E-state index is 0.134. The van der Waals surface area contributed by atoms with Crippen molar-refractivity contribution < 1.29 is 9.53 Å². The van der Waals surface area contributed by atoms with Gasteiger partial charge < -0.3 is 15.0 Å². The molecule has 1 saturated heterocycles. The first-order valence-corrected chi connectivity index (χ1v) is 10.1. The van der Waals surface area contributed by atoms with Crippen molar-refractivity contribution in [1.82, 2.24) is 15.1 Å². The fraction of sp³-hybridized carbons (Fsp3) is 0.435. The molecule has 1 aliphatic heterocycles. The third-order valence-corrected chi connectivity index (χ3v) is 5.24. The molecular weight excluding hydrogens is 350 g/mol. The Morgan fingerprint density at radius 1 is 0.964 bits per heavy atom. The highest BCUT2D eigenvalue weighted by Crippen LogP contribution is 2.12. The molecule has 0 aromatic heterocycles. The molecule has 1 fully saturated rings. The predicted octanol–water partition coefficient (Wildman–Crippen LogP) is 2.56. The first-order chi connectivity index (χ1) is 13.7. The summed E-state index contributed by atoms with van der Waals surface area (Å²) in [6, 6.07) is 18.6. The number of amides is 1. The number of hydrogen-bond donors (Lipinski definition) is 1. The van der Waals surface area contributed by atoms with E-state index in [0.29, 0.717) is 13.0 Å². The molecule has 0 aliphatic carbocycles. The van der Waals surface area contributed by atoms with Crippen molar-refractivity contribution >= 4 is 5.91 Å². The maximum absolute atomic E-state index is 12.1. The Hall–Kier alpha value is -2.37. The molecule has 1 N–H and O–H groups in total. The van der Waals surface area contributed by atoms with Crippen LogP contribution < -0.4 is 10.1 Å². The molecule has 2 aromatic carbocycles. The van der Waals surface area contributed by atoms with E-state index in [4.69, 9.17) is 4.74 Å². The van der Waals surface area contributed by atoms with Gasteiger partial charge in [-0.3, -0.25) is 9.69 Å². The van der Waals surface area contributed by atoms with Gasteiger partial charge in [-0.1, -0.05) is 42.5 Å². The molecule has 3 rings (SSSR count). The van der Waals surface area contributed by atoms with Gasteiger partial charge in [-0.05, 0) is 29.7 Å². The van der Waals surface area contributed by atoms with Gasteiger partial charge in [-0.15, -0.1) is 0 Å². The van der Waals surface area contributed by atoms with E-state index in [1.165, 1.54) is 11.1 Å². The van der Waals surface area contributed by atoms with Crippen LogP contribution in [0.4, 0.5) is 0 Å². The lowest BCUT2D eigenvalue weighted by Gasteiger charge is -2.34. The summed E-state index contributed by atoms with van der Waals surface area (Å²) in [5.74, 6) is 0.991. The van der Waals surface area contributed by atoms with Crippen molar-refractivity contribution in [3.05, 3.63) is 65.7 Å². The third-order valence-electron chi connectivity index (χ3n) is 5.24. The second-order valence-electron chi connectivity index (χ2n) is 7.30. The summed E-state index contributed by atoms with van der Waals surface area (Å²) >= 11 is 0. The molecule has 0 spiro atoms. The van der Waals surface area contributed by atoms with Crippen molar-refractivity contribution in [2.75, 3.05) is 46.4 Å². The van der Waals surface area contributed by atoms with Crippen LogP contribution in [0, 0.1) is 0 Å². The number of nitrogens with one attached hydrogen (secondary N) is 1. The number of carbonyl (C=O) groups excluding carboxylic acids is 1. The van der Waals surface area contributed by atoms with E-state index in [9.17, 15) is 4.79 Å². The van der Waals surface area contributed by atoms with E-state index in [-0.39, 0.29) is 5.91 Å². The first-order valence-electron chi connectivity index (χ1n) is 10.1. The molecule has 1 amide bonds. The van der Waals surface area contributed by atoms with E-state index in [2.05, 4.69) is 51.5 Å². The van der Waals surface area contributed by atoms with Crippen molar-refractivity contribution in [3.8, 4) is 5.75 Å². The zero-order valence-electron chi connectivity index (χ0n) is 16.8. The minimum absolute atomic E-state index is 0.134. The Kier molecular flexibility index (Phi) is 7.88. The van der Waals surface area contributed by atoms with E-state index >= 15 is 0 Å². The Morgan fingerprint density at radius 3 is 2.43 bits per heavy atom. The average molecular weight is 382 g/mol. The van der Waals surface area contributed by atoms with Gasteiger partial charge in [0, 0.05) is 52.2 Å². The highest BCUT2D eigenvalue weighted by atomic mass is 16.5. The van der Waals surface area contributed by atoms with E-state index in [1.807, 2.05) is 18.2 Å². The second kappa shape index (κ2) is 10.8. The Labute approximate surface area is 168 Å². The van der Waals surface area contributed by atoms with Crippen molar-refractivity contribution in [2.24, 2.45) is 0 Å². The number of piperazine rings is 1. The SMILES string of the molecule is COc1cccc(CCNC(=O)CCN2CCN(Cc3ccccc3)CC2)c1. The standard InChI is InChI=1S/C23H31N3O2/c1-28-22-9-5-8-20(18-22)10-12-24-23(27)11-13-25-14-16-26(17-15-25)19-21-6-3-2-4-7-21/h2-9,18H,10-17,19H2,1H3,(H,24,27). The summed E-state index contributed by atoms with van der Waals surface area (Å²) in [5.41, 5.74) is 2.54. The van der Waals surface area contributed by atoms with E-state index < -0.39 is 0 Å². The highest BCUT2D eigenvalue weighted by Gasteiger charge is 2.17. The van der Waals surface area contributed by atoms with Gasteiger partial charge in [0.25, 0.3) is 0 Å². The van der Waals surface area contributed by atoms with Gasteiger partial charge in [0.1, 0.15) is 5.75 Å². The monoisotopic (exact) mass is 381 g/mol. The molecule has 0 radical (unpaired) electrons. The number of nitrogens with zero attached hydrogens (tertiary/aromatic N) is 2. The van der Waals surface area contributed by atoms with E-state index in [1.54, 1.807) is 7.11 Å². The zero-order valence-corrected chi connectivity index (χ0v) is 16.8. The van der Waals surface area contributed by atoms with Crippen molar-refractivity contribution in [3.63, 3.8) is 0 Å². The predicted molar refractivity (Wildman–Crippen MR) is 112 cm³/mol. The van der Waals surface area contributed by atoms with Crippen molar-refractivity contribution in [2.45, 2.75) is 19.4 Å². The fourth-order valence-electron chi connectivity index (χ4n) is 3.53. The molecule has 0 atom stereocenters. The van der Waals surface area contributed by atoms with E-state index in [0.717, 1.165) is 51.4 Å². The van der Waals surface area contributed by atoms with Gasteiger partial charge in [0.2, 0.25) is 5.91 Å². The van der Waals surface area contributed by atoms with Gasteiger partial charge in [-0.25, -0.2) is 0 Å². The summed E-state index contributed by atoms with van der Waals surface area (Å²) in [7, 11) is 1.67. The van der Waals surface area contributed by atoms with Crippen LogP contribution in [0.15, 0.2) is 54.6 Å². The largest absolute Gasteiger partial charge is 0.497 e. The van der Waals surface area contributed by atoms with Gasteiger partial charge in [0.05, 0.1) is 7.11 Å². The lowest BCUT2D eigenvalue weighted by molar-refractivity contribution is -0.121. The van der Waals surface area contributed by atoms with Crippen LogP contribution in [0.5, 0.6) is 5.75 Å². The Balaban J connectivity index is 1.29. The van der Waals surface area contributed by atoms with Crippen LogP contribution in [0.2, 0.25) is 0 Å². The molecule has 150 valence electrons. The van der Waals surface area contributed by atoms with Crippen LogP contribution in [0.25, 0.3) is 0 Å². The first kappa shape index (κ1) is 20.4. The summed E-state index contributed by atoms with van der Waals surface area (Å²) in [6.45, 7) is 6.70. The van der Waals surface area contributed by atoms with Gasteiger partial charge in [-0.2, -0.15) is 0 Å². The molecule has 0 unspecified atom stereocenters. The summed E-state index contributed by atoms with van der Waals surface area (Å²) in [4.78, 5) is 17.0. The lowest BCUT2D eigenvalue weighted by Crippen LogP contribution is -2.46. The van der Waals surface area contributed by atoms with Crippen LogP contribution in [-0.4, -0.2) is 62.1 Å². The van der Waals surface area contributed by atoms with Crippen molar-refractivity contribution in [1.29, 1.82) is 0 Å². The minimum Gasteiger partial charge on any atom is -0.497 e. The quantitative estimate of drug-likeness (QED) is 0.725. The number of methoxy groups -OCH3 is 1. The Morgan fingerprint density at radius 2 is 1.68 bits per heavy atom. The van der Waals surface area contributed by atoms with Crippen LogP contribution >= 0.6 is 0 Å². The van der Waals surface area contributed by atoms with Crippen LogP contribution in [-0.2, 0) is 17.8 Å². The van der Waals surface area contributed by atoms with Crippen LogP contribution in [0.1, 0.15) is 17.5 Å². The van der Waals surface area contributed by atoms with Gasteiger partial charge >= 0.3 is 0 Å². The maximum atomic E-state index is 12.1. The lowest BCUT2D eigenvalue weighted by atomic mass is 10.1. The molecular formula is C23H31N3O2. The van der Waals surface area contributed by atoms with Crippen LogP contribution in [0.3, 0.4) is 0 Å². The smallest absolute Gasteiger partial charge is 0.221 e. The topological polar surface area (TPSA) is 44.8 Å². The second-order valence-corrected chi connectivity index (χ2v) is 7.30. The molecule has 2 aromatic rings.